The van der Waals surface area contributed by atoms with E-state index >= 15 is 0 Å². The van der Waals surface area contributed by atoms with Crippen LogP contribution in [0.25, 0.3) is 158 Å². The first-order chi connectivity index (χ1) is 37.6. The van der Waals surface area contributed by atoms with Crippen LogP contribution >= 0.6 is 45.3 Å². The number of hydrogen-bond donors (Lipinski definition) is 0. The SMILES string of the molecule is N#Cc1c(-c2ccc3c(c2)sc2ccccc23)c(C#N)c(-n2c3ccccc3c3c4sc5ccccc5c4ccc32)c(-c2ccc3c(c2)sc2ccccc23)c1-n1c2ccccc2c2c3sc4ccccc4c3ccc21. The average Bonchev–Trinajstić information content (AvgIpc) is 4.36. The van der Waals surface area contributed by atoms with Crippen LogP contribution in [0, 0.1) is 22.7 Å². The lowest BCUT2D eigenvalue weighted by molar-refractivity contribution is 1.12. The van der Waals surface area contributed by atoms with E-state index in [0.29, 0.717) is 16.7 Å². The molecule has 8 heteroatoms. The van der Waals surface area contributed by atoms with Gasteiger partial charge in [0, 0.05) is 113 Å². The molecule has 6 heterocycles. The molecule has 0 aliphatic heterocycles. The number of benzene rings is 11. The van der Waals surface area contributed by atoms with Gasteiger partial charge in [-0.15, -0.1) is 45.3 Å². The molecule has 0 N–H and O–H groups in total. The van der Waals surface area contributed by atoms with Crippen molar-refractivity contribution in [3.05, 3.63) is 217 Å². The first kappa shape index (κ1) is 42.3. The Kier molecular flexibility index (Phi) is 8.73. The Labute approximate surface area is 449 Å². The average molecular weight is 1040 g/mol. The molecule has 4 nitrogen and oxygen atoms in total. The largest absolute Gasteiger partial charge is 0.307 e. The molecule has 17 rings (SSSR count). The molecule has 6 aromatic heterocycles. The van der Waals surface area contributed by atoms with Gasteiger partial charge in [-0.25, -0.2) is 0 Å². The van der Waals surface area contributed by atoms with Crippen LogP contribution in [-0.2, 0) is 0 Å². The molecule has 0 bridgehead atoms. The molecule has 0 amide bonds. The van der Waals surface area contributed by atoms with Crippen LogP contribution in [-0.4, -0.2) is 9.13 Å². The number of aromatic nitrogens is 2. The molecule has 0 aliphatic rings. The van der Waals surface area contributed by atoms with Crippen molar-refractivity contribution in [2.75, 3.05) is 0 Å². The van der Waals surface area contributed by atoms with E-state index < -0.39 is 0 Å². The van der Waals surface area contributed by atoms with Crippen LogP contribution in [0.1, 0.15) is 11.1 Å². The summed E-state index contributed by atoms with van der Waals surface area (Å²) in [6.45, 7) is 0. The van der Waals surface area contributed by atoms with Gasteiger partial charge >= 0.3 is 0 Å². The highest BCUT2D eigenvalue weighted by atomic mass is 32.1. The maximum atomic E-state index is 12.3. The Balaban J connectivity index is 1.12. The maximum absolute atomic E-state index is 12.3. The van der Waals surface area contributed by atoms with Crippen molar-refractivity contribution in [1.82, 2.24) is 9.13 Å². The number of fused-ring (bicyclic) bond motifs is 20. The van der Waals surface area contributed by atoms with Gasteiger partial charge in [-0.3, -0.25) is 0 Å². The molecule has 0 spiro atoms. The topological polar surface area (TPSA) is 57.4 Å². The summed E-state index contributed by atoms with van der Waals surface area (Å²) in [5.41, 5.74) is 9.51. The van der Waals surface area contributed by atoms with Crippen LogP contribution in [0.2, 0.25) is 0 Å². The Morgan fingerprint density at radius 1 is 0.289 bits per heavy atom. The van der Waals surface area contributed by atoms with E-state index in [9.17, 15) is 10.5 Å². The Bertz CT molecular complexity index is 5300. The summed E-state index contributed by atoms with van der Waals surface area (Å²) in [6, 6.07) is 80.0. The van der Waals surface area contributed by atoms with Crippen molar-refractivity contribution in [1.29, 1.82) is 10.5 Å². The molecule has 0 unspecified atom stereocenters. The van der Waals surface area contributed by atoms with Crippen LogP contribution in [0.3, 0.4) is 0 Å². The monoisotopic (exact) mass is 1030 g/mol. The van der Waals surface area contributed by atoms with Gasteiger partial charge in [-0.2, -0.15) is 10.5 Å². The van der Waals surface area contributed by atoms with E-state index in [-0.39, 0.29) is 0 Å². The lowest BCUT2D eigenvalue weighted by atomic mass is 9.86. The molecule has 11 aromatic carbocycles. The van der Waals surface area contributed by atoms with Crippen molar-refractivity contribution >= 4 is 170 Å². The third-order valence-electron chi connectivity index (χ3n) is 15.8. The van der Waals surface area contributed by atoms with Gasteiger partial charge in [0.2, 0.25) is 0 Å². The van der Waals surface area contributed by atoms with Gasteiger partial charge in [0.25, 0.3) is 0 Å². The van der Waals surface area contributed by atoms with Crippen LogP contribution in [0.4, 0.5) is 0 Å². The number of thiophene rings is 4. The van der Waals surface area contributed by atoms with Crippen LogP contribution in [0.15, 0.2) is 206 Å². The number of hydrogen-bond acceptors (Lipinski definition) is 6. The van der Waals surface area contributed by atoms with E-state index in [1.54, 1.807) is 22.7 Å². The highest BCUT2D eigenvalue weighted by Gasteiger charge is 2.33. The predicted octanol–water partition coefficient (Wildman–Crippen LogP) is 20.4. The third-order valence-corrected chi connectivity index (χ3v) is 20.5. The zero-order valence-electron chi connectivity index (χ0n) is 40.1. The predicted molar refractivity (Wildman–Crippen MR) is 327 cm³/mol. The summed E-state index contributed by atoms with van der Waals surface area (Å²) >= 11 is 7.16. The fraction of sp³-hybridized carbons (Fsp3) is 0. The van der Waals surface area contributed by atoms with E-state index in [4.69, 9.17) is 0 Å². The molecular formula is C68H34N4S4. The van der Waals surface area contributed by atoms with Gasteiger partial charge in [-0.05, 0) is 71.8 Å². The fourth-order valence-electron chi connectivity index (χ4n) is 12.7. The zero-order valence-corrected chi connectivity index (χ0v) is 43.3. The van der Waals surface area contributed by atoms with E-state index in [1.807, 2.05) is 22.7 Å². The fourth-order valence-corrected chi connectivity index (χ4v) is 17.5. The van der Waals surface area contributed by atoms with Crippen molar-refractivity contribution in [3.8, 4) is 45.8 Å². The van der Waals surface area contributed by atoms with Crippen LogP contribution < -0.4 is 0 Å². The van der Waals surface area contributed by atoms with Crippen LogP contribution in [0.5, 0.6) is 0 Å². The second-order valence-electron chi connectivity index (χ2n) is 19.6. The first-order valence-electron chi connectivity index (χ1n) is 25.2. The van der Waals surface area contributed by atoms with Gasteiger partial charge in [-0.1, -0.05) is 146 Å². The Morgan fingerprint density at radius 3 is 1.07 bits per heavy atom. The number of nitriles is 2. The minimum atomic E-state index is 0.443. The normalized spacial score (nSPS) is 12.2. The molecule has 17 aromatic rings. The first-order valence-corrected chi connectivity index (χ1v) is 28.4. The number of para-hydroxylation sites is 2. The molecule has 0 atom stereocenters. The van der Waals surface area contributed by atoms with Crippen molar-refractivity contribution in [2.24, 2.45) is 0 Å². The summed E-state index contributed by atoms with van der Waals surface area (Å²) < 4.78 is 14.2. The standard InChI is InChI=1S/C68H34N4S4/c69-35-49-61(37-25-27-43-39-13-3-9-21-55(39)73-59(43)33-37)50(36-70)66(72-52-20-8-2-18-48(52)64-54(72)32-30-46-42-16-6-12-24-58(42)76-68(46)64)62(38-26-28-44-40-14-4-10-22-56(40)74-60(44)34-38)65(49)71-51-19-7-1-17-47(51)63-53(71)31-29-45-41-15-5-11-23-57(41)75-67(45)63/h1-34H. The highest BCUT2D eigenvalue weighted by Crippen LogP contribution is 2.53. The molecule has 0 aliphatic carbocycles. The third kappa shape index (κ3) is 5.63. The van der Waals surface area contributed by atoms with Gasteiger partial charge in [0.15, 0.2) is 0 Å². The minimum Gasteiger partial charge on any atom is -0.307 e. The second-order valence-corrected chi connectivity index (χ2v) is 23.9. The zero-order chi connectivity index (χ0) is 49.9. The summed E-state index contributed by atoms with van der Waals surface area (Å²) in [5, 5.41) is 38.8. The minimum absolute atomic E-state index is 0.443. The molecule has 76 heavy (non-hydrogen) atoms. The molecule has 0 fully saturated rings. The Morgan fingerprint density at radius 2 is 0.632 bits per heavy atom. The molecule has 0 saturated carbocycles. The lowest BCUT2D eigenvalue weighted by Gasteiger charge is -2.25. The van der Waals surface area contributed by atoms with Crippen molar-refractivity contribution in [2.45, 2.75) is 0 Å². The van der Waals surface area contributed by atoms with Crippen molar-refractivity contribution < 1.29 is 0 Å². The quantitative estimate of drug-likeness (QED) is 0.176. The highest BCUT2D eigenvalue weighted by molar-refractivity contribution is 7.27. The van der Waals surface area contributed by atoms with Gasteiger partial charge in [0.05, 0.1) is 44.6 Å². The summed E-state index contributed by atoms with van der Waals surface area (Å²) in [6.07, 6.45) is 0. The molecular weight excluding hydrogens is 1000 g/mol. The number of nitrogens with zero attached hydrogens (tertiary/aromatic N) is 4. The van der Waals surface area contributed by atoms with Gasteiger partial charge < -0.3 is 9.13 Å². The van der Waals surface area contributed by atoms with E-state index in [0.717, 1.165) is 86.5 Å². The van der Waals surface area contributed by atoms with Gasteiger partial charge in [0.1, 0.15) is 12.1 Å². The summed E-state index contributed by atoms with van der Waals surface area (Å²) in [4.78, 5) is 0. The lowest BCUT2D eigenvalue weighted by Crippen LogP contribution is -2.11. The molecule has 0 saturated heterocycles. The van der Waals surface area contributed by atoms with E-state index in [2.05, 4.69) is 228 Å². The summed E-state index contributed by atoms with van der Waals surface area (Å²) in [7, 11) is 0. The van der Waals surface area contributed by atoms with E-state index in [1.165, 1.54) is 65.9 Å². The second kappa shape index (κ2) is 15.7. The maximum Gasteiger partial charge on any atom is 0.102 e. The molecule has 350 valence electrons. The Hall–Kier alpha value is -9.12. The smallest absolute Gasteiger partial charge is 0.102 e. The van der Waals surface area contributed by atoms with Crippen molar-refractivity contribution in [3.63, 3.8) is 0 Å². The number of rotatable bonds is 4. The summed E-state index contributed by atoms with van der Waals surface area (Å²) in [5.74, 6) is 0. The molecule has 0 radical (unpaired) electrons.